The van der Waals surface area contributed by atoms with Gasteiger partial charge in [0.2, 0.25) is 17.7 Å². The Bertz CT molecular complexity index is 620. The second-order valence-electron chi connectivity index (χ2n) is 7.81. The fraction of sp³-hybridized carbons (Fsp3) is 0.789. The molecule has 3 amide bonds. The molecule has 1 aliphatic rings. The number of nitrogens with one attached hydrogen (secondary N) is 4. The summed E-state index contributed by atoms with van der Waals surface area (Å²) in [7, 11) is 0. The molecule has 0 aromatic carbocycles. The van der Waals surface area contributed by atoms with Crippen molar-refractivity contribution in [3.8, 4) is 0 Å². The van der Waals surface area contributed by atoms with E-state index in [0.29, 0.717) is 19.4 Å². The summed E-state index contributed by atoms with van der Waals surface area (Å²) < 4.78 is 0. The molecule has 7 N–H and O–H groups in total. The third-order valence-electron chi connectivity index (χ3n) is 5.28. The molecular weight excluding hydrogens is 396 g/mol. The van der Waals surface area contributed by atoms with E-state index in [-0.39, 0.29) is 5.92 Å². The fourth-order valence-electron chi connectivity index (χ4n) is 3.14. The lowest BCUT2D eigenvalue weighted by atomic mass is 9.98. The van der Waals surface area contributed by atoms with Crippen molar-refractivity contribution in [1.82, 2.24) is 21.3 Å². The highest BCUT2D eigenvalue weighted by molar-refractivity contribution is 5.94. The van der Waals surface area contributed by atoms with Crippen LogP contribution in [0.5, 0.6) is 0 Å². The first-order chi connectivity index (χ1) is 14.0. The van der Waals surface area contributed by atoms with E-state index in [2.05, 4.69) is 21.3 Å². The Morgan fingerprint density at radius 2 is 1.43 bits per heavy atom. The molecule has 7 atom stereocenters. The molecule has 0 aromatic rings. The van der Waals surface area contributed by atoms with E-state index < -0.39 is 60.1 Å². The number of carbonyl (C=O) groups excluding carboxylic acids is 3. The number of amides is 3. The third-order valence-corrected chi connectivity index (χ3v) is 5.28. The molecule has 11 heteroatoms. The van der Waals surface area contributed by atoms with E-state index in [1.54, 1.807) is 13.8 Å². The average Bonchev–Trinajstić information content (AvgIpc) is 3.21. The minimum absolute atomic E-state index is 0.375. The average molecular weight is 431 g/mol. The molecule has 0 bridgehead atoms. The summed E-state index contributed by atoms with van der Waals surface area (Å²) in [6.45, 7) is 6.69. The Morgan fingerprint density at radius 1 is 0.933 bits per heavy atom. The number of carboxylic acid groups (broad SMARTS) is 1. The Morgan fingerprint density at radius 3 is 1.83 bits per heavy atom. The number of hydrogen-bond acceptors (Lipinski definition) is 7. The molecule has 0 spiro atoms. The number of carboxylic acids is 1. The maximum absolute atomic E-state index is 12.7. The standard InChI is InChI=1S/C19H34N4O7/c1-5-9(2)13(19(29)30)21-17(27)15(11(4)25)23-18(28)14(10(3)24)22-16(26)12-7-6-8-20-12/h9-15,20,24-25H,5-8H2,1-4H3,(H,21,27)(H,22,26)(H,23,28)(H,29,30). The van der Waals surface area contributed by atoms with Gasteiger partial charge >= 0.3 is 5.97 Å². The molecule has 0 aliphatic carbocycles. The van der Waals surface area contributed by atoms with Gasteiger partial charge in [-0.1, -0.05) is 20.3 Å². The Hall–Kier alpha value is -2.24. The summed E-state index contributed by atoms with van der Waals surface area (Å²) >= 11 is 0. The van der Waals surface area contributed by atoms with E-state index in [1.165, 1.54) is 13.8 Å². The highest BCUT2D eigenvalue weighted by Crippen LogP contribution is 2.09. The van der Waals surface area contributed by atoms with Crippen molar-refractivity contribution in [2.24, 2.45) is 5.92 Å². The predicted octanol–water partition coefficient (Wildman–Crippen LogP) is -1.91. The van der Waals surface area contributed by atoms with Crippen LogP contribution in [0.1, 0.15) is 47.0 Å². The van der Waals surface area contributed by atoms with E-state index in [9.17, 15) is 34.5 Å². The first kappa shape index (κ1) is 25.8. The zero-order valence-corrected chi connectivity index (χ0v) is 17.8. The van der Waals surface area contributed by atoms with Crippen molar-refractivity contribution in [2.45, 2.75) is 83.3 Å². The second kappa shape index (κ2) is 11.8. The molecular formula is C19H34N4O7. The summed E-state index contributed by atoms with van der Waals surface area (Å²) in [6.07, 6.45) is -0.698. The molecule has 1 aliphatic heterocycles. The summed E-state index contributed by atoms with van der Waals surface area (Å²) in [5.41, 5.74) is 0. The first-order valence-electron chi connectivity index (χ1n) is 10.2. The van der Waals surface area contributed by atoms with Gasteiger partial charge in [-0.25, -0.2) is 4.79 Å². The van der Waals surface area contributed by atoms with E-state index >= 15 is 0 Å². The maximum Gasteiger partial charge on any atom is 0.326 e. The molecule has 0 saturated carbocycles. The normalized spacial score (nSPS) is 22.1. The van der Waals surface area contributed by atoms with Gasteiger partial charge in [0.25, 0.3) is 0 Å². The number of aliphatic carboxylic acids is 1. The first-order valence-corrected chi connectivity index (χ1v) is 10.2. The molecule has 1 heterocycles. The van der Waals surface area contributed by atoms with Crippen LogP contribution in [0.2, 0.25) is 0 Å². The van der Waals surface area contributed by atoms with Crippen LogP contribution in [0.15, 0.2) is 0 Å². The lowest BCUT2D eigenvalue weighted by molar-refractivity contribution is -0.144. The molecule has 30 heavy (non-hydrogen) atoms. The van der Waals surface area contributed by atoms with Gasteiger partial charge in [0.05, 0.1) is 18.2 Å². The van der Waals surface area contributed by atoms with Crippen LogP contribution >= 0.6 is 0 Å². The van der Waals surface area contributed by atoms with Crippen LogP contribution < -0.4 is 21.3 Å². The smallest absolute Gasteiger partial charge is 0.326 e. The fourth-order valence-corrected chi connectivity index (χ4v) is 3.14. The lowest BCUT2D eigenvalue weighted by Crippen LogP contribution is -2.62. The summed E-state index contributed by atoms with van der Waals surface area (Å²) in [5, 5.41) is 39.3. The van der Waals surface area contributed by atoms with E-state index in [0.717, 1.165) is 6.42 Å². The SMILES string of the molecule is CCC(C)C(NC(=O)C(NC(=O)C(NC(=O)C1CCCN1)C(C)O)C(C)O)C(=O)O. The lowest BCUT2D eigenvalue weighted by Gasteiger charge is -2.28. The minimum atomic E-state index is -1.47. The van der Waals surface area contributed by atoms with E-state index in [1.807, 2.05) is 0 Å². The minimum Gasteiger partial charge on any atom is -0.480 e. The Balaban J connectivity index is 2.87. The van der Waals surface area contributed by atoms with Crippen LogP contribution in [0, 0.1) is 5.92 Å². The maximum atomic E-state index is 12.7. The van der Waals surface area contributed by atoms with Crippen molar-refractivity contribution in [3.63, 3.8) is 0 Å². The molecule has 0 radical (unpaired) electrons. The molecule has 11 nitrogen and oxygen atoms in total. The quantitative estimate of drug-likeness (QED) is 0.198. The molecule has 1 rings (SSSR count). The van der Waals surface area contributed by atoms with Crippen molar-refractivity contribution in [2.75, 3.05) is 6.54 Å². The largest absolute Gasteiger partial charge is 0.480 e. The predicted molar refractivity (Wildman–Crippen MR) is 107 cm³/mol. The molecule has 1 saturated heterocycles. The van der Waals surface area contributed by atoms with Gasteiger partial charge in [-0.3, -0.25) is 14.4 Å². The topological polar surface area (TPSA) is 177 Å². The van der Waals surface area contributed by atoms with Crippen molar-refractivity contribution in [1.29, 1.82) is 0 Å². The summed E-state index contributed by atoms with van der Waals surface area (Å²) in [5.74, 6) is -3.80. The molecule has 172 valence electrons. The third kappa shape index (κ3) is 7.22. The van der Waals surface area contributed by atoms with Gasteiger partial charge in [-0.15, -0.1) is 0 Å². The Kier molecular flexibility index (Phi) is 10.2. The monoisotopic (exact) mass is 430 g/mol. The van der Waals surface area contributed by atoms with Gasteiger partial charge < -0.3 is 36.6 Å². The van der Waals surface area contributed by atoms with Crippen LogP contribution in [-0.2, 0) is 19.2 Å². The summed E-state index contributed by atoms with van der Waals surface area (Å²) in [4.78, 5) is 49.0. The van der Waals surface area contributed by atoms with Gasteiger partial charge in [-0.05, 0) is 39.2 Å². The number of aliphatic hydroxyl groups is 2. The van der Waals surface area contributed by atoms with Crippen molar-refractivity contribution in [3.05, 3.63) is 0 Å². The number of hydrogen-bond donors (Lipinski definition) is 7. The van der Waals surface area contributed by atoms with Crippen molar-refractivity contribution >= 4 is 23.7 Å². The van der Waals surface area contributed by atoms with Crippen molar-refractivity contribution < 1.29 is 34.5 Å². The van der Waals surface area contributed by atoms with Gasteiger partial charge in [-0.2, -0.15) is 0 Å². The Labute approximate surface area is 176 Å². The van der Waals surface area contributed by atoms with Gasteiger partial charge in [0, 0.05) is 0 Å². The van der Waals surface area contributed by atoms with Crippen LogP contribution in [0.25, 0.3) is 0 Å². The highest BCUT2D eigenvalue weighted by Gasteiger charge is 2.35. The van der Waals surface area contributed by atoms with Crippen LogP contribution in [0.4, 0.5) is 0 Å². The van der Waals surface area contributed by atoms with Gasteiger partial charge in [0.15, 0.2) is 0 Å². The van der Waals surface area contributed by atoms with Gasteiger partial charge in [0.1, 0.15) is 18.1 Å². The van der Waals surface area contributed by atoms with Crippen LogP contribution in [-0.4, -0.2) is 81.9 Å². The number of rotatable bonds is 11. The molecule has 0 aromatic heterocycles. The second-order valence-corrected chi connectivity index (χ2v) is 7.81. The molecule has 7 unspecified atom stereocenters. The number of aliphatic hydroxyl groups excluding tert-OH is 2. The highest BCUT2D eigenvalue weighted by atomic mass is 16.4. The zero-order chi connectivity index (χ0) is 23.0. The number of carbonyl (C=O) groups is 4. The molecule has 1 fully saturated rings. The summed E-state index contributed by atoms with van der Waals surface area (Å²) in [6, 6.07) is -4.48. The van der Waals surface area contributed by atoms with Crippen LogP contribution in [0.3, 0.4) is 0 Å². The zero-order valence-electron chi connectivity index (χ0n) is 17.8. The van der Waals surface area contributed by atoms with E-state index in [4.69, 9.17) is 0 Å².